The molecule has 5 nitrogen and oxygen atoms in total. The fraction of sp³-hybridized carbons (Fsp3) is 0.720. The molecule has 0 unspecified atom stereocenters. The van der Waals surface area contributed by atoms with Gasteiger partial charge in [-0.05, 0) is 70.1 Å². The highest BCUT2D eigenvalue weighted by atomic mass is 16.6. The van der Waals surface area contributed by atoms with Crippen LogP contribution in [0.1, 0.15) is 89.3 Å². The number of nitrogens with one attached hydrogen (secondary N) is 1. The maximum absolute atomic E-state index is 12.1. The number of aliphatic hydroxyl groups excluding tert-OH is 2. The second kappa shape index (κ2) is 13.0. The predicted octanol–water partition coefficient (Wildman–Crippen LogP) is 5.08. The molecule has 0 aliphatic rings. The molecule has 172 valence electrons. The molecule has 5 heteroatoms. The number of hydrogen-bond donors (Lipinski definition) is 3. The number of amides is 1. The summed E-state index contributed by atoms with van der Waals surface area (Å²) in [6, 6.07) is 6.55. The van der Waals surface area contributed by atoms with Crippen molar-refractivity contribution in [2.45, 2.75) is 104 Å². The number of carbonyl (C=O) groups is 1. The monoisotopic (exact) mass is 421 g/mol. The molecule has 0 aliphatic heterocycles. The standard InChI is InChI=1S/C25H43NO4/c1-6-7-8-9-10-11-12-21-13-14-22(20(2)17-21)15-16-25(18-27,19-28)26-23(29)30-24(3,4)5/h13-14,17,27-28H,6-12,15-16,18-19H2,1-5H3,(H,26,29). The first kappa shape index (κ1) is 26.4. The number of aryl methyl sites for hydroxylation is 3. The smallest absolute Gasteiger partial charge is 0.408 e. The van der Waals surface area contributed by atoms with Crippen molar-refractivity contribution in [1.82, 2.24) is 5.32 Å². The van der Waals surface area contributed by atoms with Gasteiger partial charge in [0, 0.05) is 0 Å². The van der Waals surface area contributed by atoms with Gasteiger partial charge < -0.3 is 20.3 Å². The van der Waals surface area contributed by atoms with Crippen molar-refractivity contribution in [3.63, 3.8) is 0 Å². The van der Waals surface area contributed by atoms with Gasteiger partial charge in [-0.25, -0.2) is 4.79 Å². The lowest BCUT2D eigenvalue weighted by Gasteiger charge is -2.32. The van der Waals surface area contributed by atoms with E-state index < -0.39 is 17.2 Å². The Kier molecular flexibility index (Phi) is 11.4. The van der Waals surface area contributed by atoms with E-state index in [-0.39, 0.29) is 13.2 Å². The van der Waals surface area contributed by atoms with E-state index in [0.29, 0.717) is 12.8 Å². The predicted molar refractivity (Wildman–Crippen MR) is 123 cm³/mol. The number of rotatable bonds is 13. The highest BCUT2D eigenvalue weighted by molar-refractivity contribution is 5.68. The molecule has 0 saturated heterocycles. The molecular formula is C25H43NO4. The normalized spacial score (nSPS) is 12.1. The summed E-state index contributed by atoms with van der Waals surface area (Å²) in [5.41, 5.74) is 1.99. The van der Waals surface area contributed by atoms with Crippen LogP contribution in [0.4, 0.5) is 4.79 Å². The summed E-state index contributed by atoms with van der Waals surface area (Å²) in [7, 11) is 0. The lowest BCUT2D eigenvalue weighted by molar-refractivity contribution is 0.0276. The van der Waals surface area contributed by atoms with E-state index in [1.54, 1.807) is 20.8 Å². The van der Waals surface area contributed by atoms with Crippen LogP contribution in [0.25, 0.3) is 0 Å². The fourth-order valence-electron chi connectivity index (χ4n) is 3.55. The lowest BCUT2D eigenvalue weighted by Crippen LogP contribution is -2.55. The van der Waals surface area contributed by atoms with Crippen LogP contribution in [-0.4, -0.2) is 40.7 Å². The number of benzene rings is 1. The van der Waals surface area contributed by atoms with Crippen LogP contribution in [0.15, 0.2) is 18.2 Å². The first-order chi connectivity index (χ1) is 14.1. The third-order valence-corrected chi connectivity index (χ3v) is 5.47. The van der Waals surface area contributed by atoms with Crippen LogP contribution < -0.4 is 5.32 Å². The third-order valence-electron chi connectivity index (χ3n) is 5.47. The summed E-state index contributed by atoms with van der Waals surface area (Å²) in [5.74, 6) is 0. The number of alkyl carbamates (subject to hydrolysis) is 1. The van der Waals surface area contributed by atoms with Gasteiger partial charge in [-0.15, -0.1) is 0 Å². The van der Waals surface area contributed by atoms with Crippen LogP contribution in [0.5, 0.6) is 0 Å². The van der Waals surface area contributed by atoms with Crippen molar-refractivity contribution in [2.24, 2.45) is 0 Å². The van der Waals surface area contributed by atoms with E-state index in [9.17, 15) is 15.0 Å². The fourth-order valence-corrected chi connectivity index (χ4v) is 3.55. The maximum Gasteiger partial charge on any atom is 0.408 e. The van der Waals surface area contributed by atoms with Crippen molar-refractivity contribution in [3.8, 4) is 0 Å². The lowest BCUT2D eigenvalue weighted by atomic mass is 9.90. The Hall–Kier alpha value is -1.59. The Bertz CT molecular complexity index is 633. The van der Waals surface area contributed by atoms with Crippen molar-refractivity contribution >= 4 is 6.09 Å². The van der Waals surface area contributed by atoms with E-state index in [2.05, 4.69) is 37.4 Å². The Morgan fingerprint density at radius 2 is 1.63 bits per heavy atom. The molecule has 0 atom stereocenters. The molecule has 3 N–H and O–H groups in total. The topological polar surface area (TPSA) is 78.8 Å². The molecule has 0 aliphatic carbocycles. The van der Waals surface area contributed by atoms with Crippen LogP contribution >= 0.6 is 0 Å². The Labute approximate surface area is 183 Å². The minimum atomic E-state index is -1.11. The van der Waals surface area contributed by atoms with Crippen LogP contribution in [0.2, 0.25) is 0 Å². The van der Waals surface area contributed by atoms with E-state index in [1.165, 1.54) is 55.2 Å². The van der Waals surface area contributed by atoms with Gasteiger partial charge in [0.05, 0.1) is 18.8 Å². The summed E-state index contributed by atoms with van der Waals surface area (Å²) >= 11 is 0. The van der Waals surface area contributed by atoms with E-state index in [0.717, 1.165) is 6.42 Å². The first-order valence-corrected chi connectivity index (χ1v) is 11.5. The number of hydrogen-bond acceptors (Lipinski definition) is 4. The molecule has 1 rings (SSSR count). The molecule has 1 aromatic carbocycles. The molecule has 1 amide bonds. The summed E-state index contributed by atoms with van der Waals surface area (Å²) in [6.07, 6.45) is 9.33. The summed E-state index contributed by atoms with van der Waals surface area (Å²) in [4.78, 5) is 12.1. The van der Waals surface area contributed by atoms with Gasteiger partial charge in [-0.1, -0.05) is 57.2 Å². The second-order valence-corrected chi connectivity index (χ2v) is 9.50. The molecule has 0 aromatic heterocycles. The van der Waals surface area contributed by atoms with Gasteiger partial charge in [-0.3, -0.25) is 0 Å². The van der Waals surface area contributed by atoms with Gasteiger partial charge in [-0.2, -0.15) is 0 Å². The molecule has 0 bridgehead atoms. The highest BCUT2D eigenvalue weighted by Gasteiger charge is 2.32. The van der Waals surface area contributed by atoms with Gasteiger partial charge in [0.1, 0.15) is 5.60 Å². The zero-order valence-corrected chi connectivity index (χ0v) is 19.7. The number of aliphatic hydroxyl groups is 2. The van der Waals surface area contributed by atoms with Gasteiger partial charge in [0.2, 0.25) is 0 Å². The van der Waals surface area contributed by atoms with Gasteiger partial charge in [0.25, 0.3) is 0 Å². The van der Waals surface area contributed by atoms with Crippen LogP contribution in [-0.2, 0) is 17.6 Å². The second-order valence-electron chi connectivity index (χ2n) is 9.50. The van der Waals surface area contributed by atoms with Gasteiger partial charge >= 0.3 is 6.09 Å². The summed E-state index contributed by atoms with van der Waals surface area (Å²) in [6.45, 7) is 8.98. The quantitative estimate of drug-likeness (QED) is 0.388. The van der Waals surface area contributed by atoms with Crippen LogP contribution in [0, 0.1) is 6.92 Å². The maximum atomic E-state index is 12.1. The number of carbonyl (C=O) groups excluding carboxylic acids is 1. The van der Waals surface area contributed by atoms with E-state index in [4.69, 9.17) is 4.74 Å². The zero-order chi connectivity index (χ0) is 22.6. The minimum Gasteiger partial charge on any atom is -0.444 e. The van der Waals surface area contributed by atoms with E-state index >= 15 is 0 Å². The first-order valence-electron chi connectivity index (χ1n) is 11.5. The summed E-state index contributed by atoms with van der Waals surface area (Å²) in [5, 5.41) is 22.4. The average Bonchev–Trinajstić information content (AvgIpc) is 2.67. The molecule has 1 aromatic rings. The third kappa shape index (κ3) is 9.94. The number of ether oxygens (including phenoxy) is 1. The van der Waals surface area contributed by atoms with Gasteiger partial charge in [0.15, 0.2) is 0 Å². The molecule has 0 radical (unpaired) electrons. The van der Waals surface area contributed by atoms with Crippen molar-refractivity contribution in [3.05, 3.63) is 34.9 Å². The van der Waals surface area contributed by atoms with Crippen molar-refractivity contribution < 1.29 is 19.7 Å². The molecule has 0 saturated carbocycles. The van der Waals surface area contributed by atoms with E-state index in [1.807, 2.05) is 0 Å². The molecular weight excluding hydrogens is 378 g/mol. The van der Waals surface area contributed by atoms with Crippen LogP contribution in [0.3, 0.4) is 0 Å². The Balaban J connectivity index is 2.62. The average molecular weight is 422 g/mol. The largest absolute Gasteiger partial charge is 0.444 e. The Morgan fingerprint density at radius 3 is 2.20 bits per heavy atom. The van der Waals surface area contributed by atoms with Crippen molar-refractivity contribution in [2.75, 3.05) is 13.2 Å². The number of unbranched alkanes of at least 4 members (excludes halogenated alkanes) is 5. The highest BCUT2D eigenvalue weighted by Crippen LogP contribution is 2.20. The molecule has 0 fully saturated rings. The minimum absolute atomic E-state index is 0.349. The zero-order valence-electron chi connectivity index (χ0n) is 19.7. The molecule has 0 heterocycles. The summed E-state index contributed by atoms with van der Waals surface area (Å²) < 4.78 is 5.28. The SMILES string of the molecule is CCCCCCCCc1ccc(CCC(CO)(CO)NC(=O)OC(C)(C)C)c(C)c1. The molecule has 0 spiro atoms. The van der Waals surface area contributed by atoms with Crippen molar-refractivity contribution in [1.29, 1.82) is 0 Å². The Morgan fingerprint density at radius 1 is 1.00 bits per heavy atom. The molecule has 30 heavy (non-hydrogen) atoms.